The fourth-order valence-electron chi connectivity index (χ4n) is 5.01. The molecule has 1 aliphatic rings. The van der Waals surface area contributed by atoms with Crippen molar-refractivity contribution >= 4 is 29.1 Å². The Bertz CT molecular complexity index is 2000. The molecule has 13 heteroatoms. The van der Waals surface area contributed by atoms with Crippen molar-refractivity contribution in [2.24, 2.45) is 4.99 Å². The number of non-ortho nitro benzene ring substituents is 1. The van der Waals surface area contributed by atoms with Crippen molar-refractivity contribution in [1.82, 2.24) is 4.57 Å². The smallest absolute Gasteiger partial charge is 0.338 e. The molecule has 45 heavy (non-hydrogen) atoms. The number of methoxy groups -OCH3 is 2. The average molecular weight is 634 g/mol. The number of benzene rings is 2. The molecule has 0 amide bonds. The molecule has 0 saturated carbocycles. The Balaban J connectivity index is 1.62. The van der Waals surface area contributed by atoms with E-state index in [-0.39, 0.29) is 35.3 Å². The fraction of sp³-hybridized carbons (Fsp3) is 0.281. The number of carbonyl (C=O) groups is 1. The van der Waals surface area contributed by atoms with Crippen LogP contribution < -0.4 is 29.1 Å². The zero-order valence-electron chi connectivity index (χ0n) is 25.5. The van der Waals surface area contributed by atoms with E-state index in [1.165, 1.54) is 30.9 Å². The number of allylic oxidation sites excluding steroid dienone is 1. The highest BCUT2D eigenvalue weighted by Crippen LogP contribution is 2.37. The quantitative estimate of drug-likeness (QED) is 0.137. The molecule has 3 heterocycles. The van der Waals surface area contributed by atoms with Gasteiger partial charge in [0.1, 0.15) is 17.3 Å². The number of ether oxygens (including phenoxy) is 4. The van der Waals surface area contributed by atoms with Crippen LogP contribution in [0.25, 0.3) is 17.4 Å². The molecule has 12 nitrogen and oxygen atoms in total. The lowest BCUT2D eigenvalue weighted by Gasteiger charge is -2.25. The van der Waals surface area contributed by atoms with Crippen LogP contribution in [0.5, 0.6) is 17.2 Å². The second-order valence-electron chi connectivity index (χ2n) is 10.2. The molecule has 2 aromatic heterocycles. The highest BCUT2D eigenvalue weighted by molar-refractivity contribution is 7.07. The van der Waals surface area contributed by atoms with Crippen LogP contribution in [0.15, 0.2) is 74.0 Å². The van der Waals surface area contributed by atoms with Crippen molar-refractivity contribution < 1.29 is 33.1 Å². The number of aromatic nitrogens is 1. The Morgan fingerprint density at radius 1 is 1.11 bits per heavy atom. The van der Waals surface area contributed by atoms with E-state index in [0.717, 1.165) is 11.3 Å². The van der Waals surface area contributed by atoms with E-state index in [4.69, 9.17) is 23.4 Å². The number of carbonyl (C=O) groups excluding carboxylic acids is 1. The Hall–Kier alpha value is -5.17. The zero-order chi connectivity index (χ0) is 32.4. The molecule has 234 valence electrons. The van der Waals surface area contributed by atoms with Crippen LogP contribution in [0.4, 0.5) is 5.69 Å². The number of rotatable bonds is 10. The molecule has 1 atom stereocenters. The molecule has 0 fully saturated rings. The molecule has 0 unspecified atom stereocenters. The SMILES string of the molecule is CCOC(=O)C1=C(C)N=c2s/c(=C\c3ccc(-c4ccc([N+](=O)[O-])cc4OC)o3)c(=O)n2[C@@H]1c1ccc(OC(C)C)c(OC)c1. The van der Waals surface area contributed by atoms with Crippen molar-refractivity contribution in [3.05, 3.63) is 101 Å². The number of nitro groups is 1. The van der Waals surface area contributed by atoms with E-state index in [1.807, 2.05) is 13.8 Å². The van der Waals surface area contributed by atoms with E-state index >= 15 is 0 Å². The van der Waals surface area contributed by atoms with Gasteiger partial charge in [-0.2, -0.15) is 0 Å². The van der Waals surface area contributed by atoms with Gasteiger partial charge in [-0.05, 0) is 63.6 Å². The number of nitro benzene ring substituents is 1. The van der Waals surface area contributed by atoms with Crippen LogP contribution in [0.3, 0.4) is 0 Å². The summed E-state index contributed by atoms with van der Waals surface area (Å²) in [6, 6.07) is 12.0. The van der Waals surface area contributed by atoms with Gasteiger partial charge in [0.2, 0.25) is 0 Å². The minimum Gasteiger partial charge on any atom is -0.496 e. The summed E-state index contributed by atoms with van der Waals surface area (Å²) in [7, 11) is 2.94. The monoisotopic (exact) mass is 633 g/mol. The van der Waals surface area contributed by atoms with Gasteiger partial charge in [0, 0.05) is 12.1 Å². The molecule has 0 N–H and O–H groups in total. The van der Waals surface area contributed by atoms with Crippen LogP contribution in [0.2, 0.25) is 0 Å². The highest BCUT2D eigenvalue weighted by atomic mass is 32.1. The third-order valence-electron chi connectivity index (χ3n) is 6.94. The third kappa shape index (κ3) is 6.11. The van der Waals surface area contributed by atoms with Gasteiger partial charge in [-0.1, -0.05) is 17.4 Å². The summed E-state index contributed by atoms with van der Waals surface area (Å²) >= 11 is 1.15. The van der Waals surface area contributed by atoms with E-state index in [9.17, 15) is 19.7 Å². The number of thiazole rings is 1. The van der Waals surface area contributed by atoms with Gasteiger partial charge in [0.25, 0.3) is 11.2 Å². The molecule has 0 radical (unpaired) electrons. The maximum absolute atomic E-state index is 14.0. The molecule has 0 bridgehead atoms. The number of fused-ring (bicyclic) bond motifs is 1. The number of furan rings is 1. The van der Waals surface area contributed by atoms with Gasteiger partial charge in [-0.3, -0.25) is 19.5 Å². The Labute approximate surface area is 261 Å². The predicted molar refractivity (Wildman–Crippen MR) is 167 cm³/mol. The van der Waals surface area contributed by atoms with Gasteiger partial charge < -0.3 is 23.4 Å². The standard InChI is InChI=1S/C32H31N3O9S/c1-7-42-31(37)28-18(4)33-32-34(29(28)19-8-12-24(43-17(2)3)26(14-19)41-6)30(36)27(45-32)16-21-10-13-23(44-21)22-11-9-20(35(38)39)15-25(22)40-5/h8-17,29H,7H2,1-6H3/b27-16-/t29-/m1/s1. The molecule has 0 saturated heterocycles. The van der Waals surface area contributed by atoms with Crippen LogP contribution in [0, 0.1) is 10.1 Å². The Morgan fingerprint density at radius 3 is 2.53 bits per heavy atom. The first-order valence-electron chi connectivity index (χ1n) is 14.0. The summed E-state index contributed by atoms with van der Waals surface area (Å²) in [5.74, 6) is 1.44. The minimum absolute atomic E-state index is 0.0942. The van der Waals surface area contributed by atoms with Crippen molar-refractivity contribution in [3.8, 4) is 28.6 Å². The summed E-state index contributed by atoms with van der Waals surface area (Å²) in [5.41, 5.74) is 1.29. The van der Waals surface area contributed by atoms with Crippen molar-refractivity contribution in [2.45, 2.75) is 39.8 Å². The first kappa shape index (κ1) is 31.3. The first-order valence-corrected chi connectivity index (χ1v) is 14.8. The van der Waals surface area contributed by atoms with E-state index in [0.29, 0.717) is 49.2 Å². The van der Waals surface area contributed by atoms with Gasteiger partial charge >= 0.3 is 5.97 Å². The van der Waals surface area contributed by atoms with Gasteiger partial charge in [-0.25, -0.2) is 9.79 Å². The Kier molecular flexibility index (Phi) is 8.91. The topological polar surface area (TPSA) is 145 Å². The van der Waals surface area contributed by atoms with Crippen molar-refractivity contribution in [2.75, 3.05) is 20.8 Å². The second kappa shape index (κ2) is 12.8. The molecule has 1 aliphatic heterocycles. The lowest BCUT2D eigenvalue weighted by Crippen LogP contribution is -2.40. The van der Waals surface area contributed by atoms with E-state index < -0.39 is 16.9 Å². The lowest BCUT2D eigenvalue weighted by atomic mass is 9.95. The first-order chi connectivity index (χ1) is 21.6. The number of hydrogen-bond acceptors (Lipinski definition) is 11. The summed E-state index contributed by atoms with van der Waals surface area (Å²) in [6.45, 7) is 7.38. The summed E-state index contributed by atoms with van der Waals surface area (Å²) in [6.07, 6.45) is 1.49. The van der Waals surface area contributed by atoms with Gasteiger partial charge in [0.05, 0.1) is 65.3 Å². The average Bonchev–Trinajstić information content (AvgIpc) is 3.59. The predicted octanol–water partition coefficient (Wildman–Crippen LogP) is 4.77. The summed E-state index contributed by atoms with van der Waals surface area (Å²) in [4.78, 5) is 42.9. The highest BCUT2D eigenvalue weighted by Gasteiger charge is 2.34. The lowest BCUT2D eigenvalue weighted by molar-refractivity contribution is -0.384. The fourth-order valence-corrected chi connectivity index (χ4v) is 6.04. The number of hydrogen-bond donors (Lipinski definition) is 0. The van der Waals surface area contributed by atoms with Crippen molar-refractivity contribution in [1.29, 1.82) is 0 Å². The number of esters is 1. The largest absolute Gasteiger partial charge is 0.496 e. The van der Waals surface area contributed by atoms with Crippen LogP contribution in [-0.4, -0.2) is 42.4 Å². The molecule has 5 rings (SSSR count). The van der Waals surface area contributed by atoms with Crippen LogP contribution in [0.1, 0.15) is 45.1 Å². The van der Waals surface area contributed by atoms with Crippen LogP contribution >= 0.6 is 11.3 Å². The van der Waals surface area contributed by atoms with Gasteiger partial charge in [-0.15, -0.1) is 0 Å². The normalized spacial score (nSPS) is 14.6. The Morgan fingerprint density at radius 2 is 1.87 bits per heavy atom. The van der Waals surface area contributed by atoms with Crippen molar-refractivity contribution in [3.63, 3.8) is 0 Å². The molecular weight excluding hydrogens is 602 g/mol. The van der Waals surface area contributed by atoms with E-state index in [2.05, 4.69) is 4.99 Å². The maximum atomic E-state index is 14.0. The summed E-state index contributed by atoms with van der Waals surface area (Å²) < 4.78 is 30.0. The third-order valence-corrected chi connectivity index (χ3v) is 7.93. The molecule has 0 spiro atoms. The molecular formula is C32H31N3O9S. The molecule has 2 aromatic carbocycles. The van der Waals surface area contributed by atoms with E-state index in [1.54, 1.807) is 56.3 Å². The minimum atomic E-state index is -0.846. The second-order valence-corrected chi connectivity index (χ2v) is 11.2. The summed E-state index contributed by atoms with van der Waals surface area (Å²) in [5, 5.41) is 11.2. The molecule has 0 aliphatic carbocycles. The molecule has 4 aromatic rings. The maximum Gasteiger partial charge on any atom is 0.338 e. The van der Waals surface area contributed by atoms with Crippen LogP contribution in [-0.2, 0) is 9.53 Å². The number of nitrogens with zero attached hydrogens (tertiary/aromatic N) is 3. The zero-order valence-corrected chi connectivity index (χ0v) is 26.3. The van der Waals surface area contributed by atoms with Gasteiger partial charge in [0.15, 0.2) is 16.3 Å².